The second kappa shape index (κ2) is 7.88. The van der Waals surface area contributed by atoms with E-state index in [-0.39, 0.29) is 30.4 Å². The molecule has 1 fully saturated rings. The van der Waals surface area contributed by atoms with Crippen molar-refractivity contribution < 1.29 is 18.7 Å². The minimum Gasteiger partial charge on any atom is -0.482 e. The predicted octanol–water partition coefficient (Wildman–Crippen LogP) is 4.21. The van der Waals surface area contributed by atoms with Crippen LogP contribution in [0.5, 0.6) is 5.75 Å². The number of fused-ring (bicyclic) bond motifs is 1. The van der Waals surface area contributed by atoms with E-state index < -0.39 is 0 Å². The number of carbonyl (C=O) groups excluding carboxylic acids is 2. The van der Waals surface area contributed by atoms with Crippen LogP contribution in [0.15, 0.2) is 42.5 Å². The fourth-order valence-electron chi connectivity index (χ4n) is 3.89. The number of benzene rings is 2. The topological polar surface area (TPSA) is 79.5 Å². The number of ether oxygens (including phenoxy) is 1. The molecule has 4 rings (SSSR count). The minimum absolute atomic E-state index is 0.0447. The molecular formula is C21H22FN3O3. The Morgan fingerprint density at radius 2 is 1.89 bits per heavy atom. The second-order valence-electron chi connectivity index (χ2n) is 7.22. The number of rotatable bonds is 4. The highest BCUT2D eigenvalue weighted by atomic mass is 19.1. The molecule has 2 aliphatic rings. The summed E-state index contributed by atoms with van der Waals surface area (Å²) < 4.78 is 18.7. The maximum atomic E-state index is 13.3. The lowest BCUT2D eigenvalue weighted by Gasteiger charge is -2.25. The second-order valence-corrected chi connectivity index (χ2v) is 7.22. The van der Waals surface area contributed by atoms with Crippen molar-refractivity contribution in [3.05, 3.63) is 53.8 Å². The van der Waals surface area contributed by atoms with Gasteiger partial charge in [0.15, 0.2) is 6.61 Å². The number of nitrogens with one attached hydrogen (secondary N) is 3. The molecule has 1 atom stereocenters. The Balaban J connectivity index is 1.47. The van der Waals surface area contributed by atoms with Crippen molar-refractivity contribution in [3.63, 3.8) is 0 Å². The standard InChI is InChI=1S/C21H22FN3O3/c22-15-7-5-14(6-8-15)20(13-3-1-2-4-13)25-21(27)23-16-9-10-17-18(11-16)28-12-19(26)24-17/h5-11,13,20H,1-4,12H2,(H,24,26)(H2,23,25,27). The molecule has 1 aliphatic heterocycles. The third-order valence-electron chi connectivity index (χ3n) is 5.26. The summed E-state index contributed by atoms with van der Waals surface area (Å²) in [6.45, 7) is -0.0447. The highest BCUT2D eigenvalue weighted by Crippen LogP contribution is 2.36. The first-order chi connectivity index (χ1) is 13.6. The summed E-state index contributed by atoms with van der Waals surface area (Å²) in [7, 11) is 0. The normalized spacial score (nSPS) is 17.2. The van der Waals surface area contributed by atoms with Crippen LogP contribution >= 0.6 is 0 Å². The highest BCUT2D eigenvalue weighted by molar-refractivity contribution is 5.96. The monoisotopic (exact) mass is 383 g/mol. The summed E-state index contributed by atoms with van der Waals surface area (Å²) in [6.07, 6.45) is 4.35. The van der Waals surface area contributed by atoms with Gasteiger partial charge in [-0.2, -0.15) is 0 Å². The van der Waals surface area contributed by atoms with E-state index in [1.807, 2.05) is 0 Å². The first kappa shape index (κ1) is 18.3. The molecule has 1 heterocycles. The molecule has 0 radical (unpaired) electrons. The van der Waals surface area contributed by atoms with Gasteiger partial charge in [0.25, 0.3) is 5.91 Å². The van der Waals surface area contributed by atoms with Gasteiger partial charge in [0.05, 0.1) is 11.7 Å². The van der Waals surface area contributed by atoms with Crippen LogP contribution in [0.3, 0.4) is 0 Å². The average molecular weight is 383 g/mol. The summed E-state index contributed by atoms with van der Waals surface area (Å²) in [5.74, 6) is 0.353. The summed E-state index contributed by atoms with van der Waals surface area (Å²) in [5.41, 5.74) is 2.05. The van der Waals surface area contributed by atoms with Gasteiger partial charge in [-0.25, -0.2) is 9.18 Å². The molecule has 0 bridgehead atoms. The maximum absolute atomic E-state index is 13.3. The molecule has 0 aromatic heterocycles. The van der Waals surface area contributed by atoms with Gasteiger partial charge in [0.2, 0.25) is 0 Å². The Bertz CT molecular complexity index is 879. The molecule has 3 amide bonds. The lowest BCUT2D eigenvalue weighted by Crippen LogP contribution is -2.36. The van der Waals surface area contributed by atoms with Crippen LogP contribution in [-0.4, -0.2) is 18.5 Å². The molecule has 3 N–H and O–H groups in total. The first-order valence-electron chi connectivity index (χ1n) is 9.48. The third-order valence-corrected chi connectivity index (χ3v) is 5.26. The molecule has 146 valence electrons. The summed E-state index contributed by atoms with van der Waals surface area (Å²) in [6, 6.07) is 10.9. The zero-order valence-corrected chi connectivity index (χ0v) is 15.3. The Hall–Kier alpha value is -3.09. The lowest BCUT2D eigenvalue weighted by atomic mass is 9.91. The van der Waals surface area contributed by atoms with E-state index in [1.54, 1.807) is 30.3 Å². The van der Waals surface area contributed by atoms with Crippen molar-refractivity contribution in [2.24, 2.45) is 5.92 Å². The van der Waals surface area contributed by atoms with Crippen molar-refractivity contribution in [2.45, 2.75) is 31.7 Å². The molecule has 28 heavy (non-hydrogen) atoms. The molecule has 2 aromatic carbocycles. The number of carbonyl (C=O) groups is 2. The van der Waals surface area contributed by atoms with Crippen molar-refractivity contribution in [1.29, 1.82) is 0 Å². The Kier molecular flexibility index (Phi) is 5.14. The zero-order valence-electron chi connectivity index (χ0n) is 15.3. The highest BCUT2D eigenvalue weighted by Gasteiger charge is 2.28. The molecule has 6 nitrogen and oxygen atoms in total. The quantitative estimate of drug-likeness (QED) is 0.740. The van der Waals surface area contributed by atoms with Gasteiger partial charge < -0.3 is 20.7 Å². The van der Waals surface area contributed by atoms with Gasteiger partial charge in [0.1, 0.15) is 11.6 Å². The van der Waals surface area contributed by atoms with Crippen LogP contribution < -0.4 is 20.7 Å². The average Bonchev–Trinajstić information content (AvgIpc) is 3.21. The fourth-order valence-corrected chi connectivity index (χ4v) is 3.89. The number of hydrogen-bond donors (Lipinski definition) is 3. The lowest BCUT2D eigenvalue weighted by molar-refractivity contribution is -0.118. The third kappa shape index (κ3) is 4.08. The van der Waals surface area contributed by atoms with E-state index in [9.17, 15) is 14.0 Å². The number of hydrogen-bond acceptors (Lipinski definition) is 3. The van der Waals surface area contributed by atoms with Crippen LogP contribution in [0, 0.1) is 11.7 Å². The SMILES string of the molecule is O=C1COc2cc(NC(=O)NC(c3ccc(F)cc3)C3CCCC3)ccc2N1. The van der Waals surface area contributed by atoms with E-state index in [0.717, 1.165) is 31.2 Å². The van der Waals surface area contributed by atoms with Crippen molar-refractivity contribution >= 4 is 23.3 Å². The van der Waals surface area contributed by atoms with E-state index in [4.69, 9.17) is 4.74 Å². The van der Waals surface area contributed by atoms with Crippen LogP contribution in [0.4, 0.5) is 20.6 Å². The Morgan fingerprint density at radius 3 is 2.64 bits per heavy atom. The fraction of sp³-hybridized carbons (Fsp3) is 0.333. The van der Waals surface area contributed by atoms with E-state index in [2.05, 4.69) is 16.0 Å². The van der Waals surface area contributed by atoms with Crippen LogP contribution in [0.2, 0.25) is 0 Å². The smallest absolute Gasteiger partial charge is 0.319 e. The van der Waals surface area contributed by atoms with Gasteiger partial charge in [-0.3, -0.25) is 4.79 Å². The molecule has 7 heteroatoms. The molecule has 1 saturated carbocycles. The summed E-state index contributed by atoms with van der Waals surface area (Å²) in [4.78, 5) is 24.0. The molecular weight excluding hydrogens is 361 g/mol. The Morgan fingerprint density at radius 1 is 1.14 bits per heavy atom. The molecule has 0 saturated heterocycles. The van der Waals surface area contributed by atoms with Crippen molar-refractivity contribution in [2.75, 3.05) is 17.2 Å². The van der Waals surface area contributed by atoms with Crippen LogP contribution in [0.25, 0.3) is 0 Å². The number of amides is 3. The number of urea groups is 1. The zero-order chi connectivity index (χ0) is 19.5. The minimum atomic E-state index is -0.332. The van der Waals surface area contributed by atoms with Gasteiger partial charge >= 0.3 is 6.03 Å². The van der Waals surface area contributed by atoms with E-state index >= 15 is 0 Å². The summed E-state index contributed by atoms with van der Waals surface area (Å²) >= 11 is 0. The number of halogens is 1. The maximum Gasteiger partial charge on any atom is 0.319 e. The van der Waals surface area contributed by atoms with Gasteiger partial charge in [-0.15, -0.1) is 0 Å². The first-order valence-corrected chi connectivity index (χ1v) is 9.48. The van der Waals surface area contributed by atoms with Crippen molar-refractivity contribution in [3.8, 4) is 5.75 Å². The molecule has 2 aromatic rings. The largest absolute Gasteiger partial charge is 0.482 e. The Labute approximate surface area is 162 Å². The van der Waals surface area contributed by atoms with Crippen LogP contribution in [0.1, 0.15) is 37.3 Å². The predicted molar refractivity (Wildman–Crippen MR) is 104 cm³/mol. The van der Waals surface area contributed by atoms with Gasteiger partial charge in [0, 0.05) is 11.8 Å². The van der Waals surface area contributed by atoms with Gasteiger partial charge in [-0.05, 0) is 48.6 Å². The summed E-state index contributed by atoms with van der Waals surface area (Å²) in [5, 5.41) is 8.58. The van der Waals surface area contributed by atoms with E-state index in [1.165, 1.54) is 12.1 Å². The molecule has 1 unspecified atom stereocenters. The van der Waals surface area contributed by atoms with E-state index in [0.29, 0.717) is 23.0 Å². The van der Waals surface area contributed by atoms with Gasteiger partial charge in [-0.1, -0.05) is 25.0 Å². The number of anilines is 2. The molecule has 1 aliphatic carbocycles. The molecule has 0 spiro atoms. The van der Waals surface area contributed by atoms with Crippen LogP contribution in [-0.2, 0) is 4.79 Å². The van der Waals surface area contributed by atoms with Crippen molar-refractivity contribution in [1.82, 2.24) is 5.32 Å².